The number of amides is 2. The van der Waals surface area contributed by atoms with Gasteiger partial charge in [-0.2, -0.15) is 0 Å². The number of nitrogens with zero attached hydrogens (tertiary/aromatic N) is 1. The van der Waals surface area contributed by atoms with Crippen LogP contribution in [0.5, 0.6) is 0 Å². The number of hydrogen-bond donors (Lipinski definition) is 2. The molecule has 0 bridgehead atoms. The summed E-state index contributed by atoms with van der Waals surface area (Å²) in [6.07, 6.45) is 1.35. The first-order valence-electron chi connectivity index (χ1n) is 7.72. The maximum atomic E-state index is 13.4. The minimum atomic E-state index is -0.436. The van der Waals surface area contributed by atoms with E-state index in [0.29, 0.717) is 6.54 Å². The number of nitrogens with one attached hydrogen (secondary N) is 2. The fourth-order valence-corrected chi connectivity index (χ4v) is 2.70. The van der Waals surface area contributed by atoms with Crippen molar-refractivity contribution < 1.29 is 13.9 Å². The van der Waals surface area contributed by atoms with E-state index in [1.54, 1.807) is 12.1 Å². The summed E-state index contributed by atoms with van der Waals surface area (Å²) < 4.78 is 19.1. The molecule has 1 saturated heterocycles. The third kappa shape index (κ3) is 5.27. The Labute approximate surface area is 130 Å². The Hall–Kier alpha value is -1.66. The third-order valence-electron chi connectivity index (χ3n) is 3.55. The average Bonchev–Trinajstić information content (AvgIpc) is 2.45. The molecule has 5 nitrogen and oxygen atoms in total. The lowest BCUT2D eigenvalue weighted by Crippen LogP contribution is -2.46. The van der Waals surface area contributed by atoms with Gasteiger partial charge in [0.05, 0.1) is 17.9 Å². The number of morpholine rings is 1. The highest BCUT2D eigenvalue weighted by Crippen LogP contribution is 2.12. The number of anilines is 1. The first kappa shape index (κ1) is 16.7. The smallest absolute Gasteiger partial charge is 0.319 e. The molecule has 0 aromatic heterocycles. The molecule has 1 aromatic rings. The van der Waals surface area contributed by atoms with Crippen LogP contribution in [0.2, 0.25) is 0 Å². The van der Waals surface area contributed by atoms with Crippen LogP contribution < -0.4 is 10.6 Å². The Morgan fingerprint density at radius 1 is 1.32 bits per heavy atom. The van der Waals surface area contributed by atoms with Crippen LogP contribution in [-0.2, 0) is 4.74 Å². The molecular formula is C16H24FN3O2. The number of ether oxygens (including phenoxy) is 1. The van der Waals surface area contributed by atoms with Crippen LogP contribution in [0.25, 0.3) is 0 Å². The lowest BCUT2D eigenvalue weighted by Gasteiger charge is -2.35. The maximum absolute atomic E-state index is 13.4. The monoisotopic (exact) mass is 309 g/mol. The van der Waals surface area contributed by atoms with Gasteiger partial charge >= 0.3 is 6.03 Å². The van der Waals surface area contributed by atoms with Gasteiger partial charge in [-0.05, 0) is 32.4 Å². The molecule has 1 heterocycles. The molecule has 0 aliphatic carbocycles. The molecule has 6 heteroatoms. The summed E-state index contributed by atoms with van der Waals surface area (Å²) in [4.78, 5) is 14.0. The topological polar surface area (TPSA) is 53.6 Å². The summed E-state index contributed by atoms with van der Waals surface area (Å²) in [5.74, 6) is -0.436. The van der Waals surface area contributed by atoms with Gasteiger partial charge in [0, 0.05) is 26.2 Å². The van der Waals surface area contributed by atoms with E-state index >= 15 is 0 Å². The summed E-state index contributed by atoms with van der Waals surface area (Å²) in [7, 11) is 0. The van der Waals surface area contributed by atoms with Crippen molar-refractivity contribution >= 4 is 11.7 Å². The van der Waals surface area contributed by atoms with Gasteiger partial charge in [0.15, 0.2) is 0 Å². The fourth-order valence-electron chi connectivity index (χ4n) is 2.70. The van der Waals surface area contributed by atoms with Gasteiger partial charge in [-0.15, -0.1) is 0 Å². The average molecular weight is 309 g/mol. The Morgan fingerprint density at radius 2 is 2.00 bits per heavy atom. The largest absolute Gasteiger partial charge is 0.373 e. The lowest BCUT2D eigenvalue weighted by molar-refractivity contribution is -0.0679. The molecule has 0 spiro atoms. The van der Waals surface area contributed by atoms with Crippen molar-refractivity contribution in [2.75, 3.05) is 31.5 Å². The van der Waals surface area contributed by atoms with Gasteiger partial charge in [0.25, 0.3) is 0 Å². The molecular weight excluding hydrogens is 285 g/mol. The summed E-state index contributed by atoms with van der Waals surface area (Å²) in [6.45, 7) is 7.46. The second-order valence-corrected chi connectivity index (χ2v) is 5.73. The third-order valence-corrected chi connectivity index (χ3v) is 3.55. The van der Waals surface area contributed by atoms with Crippen LogP contribution in [0.15, 0.2) is 24.3 Å². The van der Waals surface area contributed by atoms with Crippen LogP contribution in [0.3, 0.4) is 0 Å². The quantitative estimate of drug-likeness (QED) is 0.822. The first-order chi connectivity index (χ1) is 10.5. The molecule has 22 heavy (non-hydrogen) atoms. The van der Waals surface area contributed by atoms with Crippen molar-refractivity contribution in [1.82, 2.24) is 10.2 Å². The molecule has 0 radical (unpaired) electrons. The van der Waals surface area contributed by atoms with E-state index in [4.69, 9.17) is 4.74 Å². The van der Waals surface area contributed by atoms with Gasteiger partial charge in [0.1, 0.15) is 5.82 Å². The van der Waals surface area contributed by atoms with E-state index < -0.39 is 5.82 Å². The van der Waals surface area contributed by atoms with Gasteiger partial charge < -0.3 is 15.4 Å². The second-order valence-electron chi connectivity index (χ2n) is 5.73. The van der Waals surface area contributed by atoms with Crippen molar-refractivity contribution in [3.8, 4) is 0 Å². The molecule has 2 atom stereocenters. The van der Waals surface area contributed by atoms with Crippen molar-refractivity contribution in [3.63, 3.8) is 0 Å². The number of carbonyl (C=O) groups is 1. The van der Waals surface area contributed by atoms with Crippen LogP contribution in [0, 0.1) is 5.82 Å². The van der Waals surface area contributed by atoms with E-state index in [-0.39, 0.29) is 23.9 Å². The lowest BCUT2D eigenvalue weighted by atomic mass is 10.2. The van der Waals surface area contributed by atoms with E-state index in [1.165, 1.54) is 12.1 Å². The zero-order chi connectivity index (χ0) is 15.9. The number of para-hydroxylation sites is 1. The van der Waals surface area contributed by atoms with Gasteiger partial charge in [-0.3, -0.25) is 4.90 Å². The second kappa shape index (κ2) is 8.10. The van der Waals surface area contributed by atoms with E-state index in [2.05, 4.69) is 29.4 Å². The number of benzene rings is 1. The molecule has 0 unspecified atom stereocenters. The molecule has 2 rings (SSSR count). The molecule has 1 fully saturated rings. The molecule has 1 aliphatic rings. The summed E-state index contributed by atoms with van der Waals surface area (Å²) in [6, 6.07) is 5.73. The number of halogens is 1. The van der Waals surface area contributed by atoms with Crippen LogP contribution in [0.1, 0.15) is 20.3 Å². The van der Waals surface area contributed by atoms with Crippen LogP contribution >= 0.6 is 0 Å². The predicted molar refractivity (Wildman–Crippen MR) is 84.5 cm³/mol. The van der Waals surface area contributed by atoms with Crippen LogP contribution in [-0.4, -0.2) is 49.3 Å². The zero-order valence-electron chi connectivity index (χ0n) is 13.1. The Bertz CT molecular complexity index is 488. The maximum Gasteiger partial charge on any atom is 0.319 e. The summed E-state index contributed by atoms with van der Waals surface area (Å²) >= 11 is 0. The number of rotatable bonds is 5. The molecule has 2 N–H and O–H groups in total. The predicted octanol–water partition coefficient (Wildman–Crippen LogP) is 2.45. The summed E-state index contributed by atoms with van der Waals surface area (Å²) in [5, 5.41) is 5.25. The number of carbonyl (C=O) groups excluding carboxylic acids is 1. The summed E-state index contributed by atoms with van der Waals surface area (Å²) in [5.41, 5.74) is 0.191. The normalized spacial score (nSPS) is 22.3. The van der Waals surface area contributed by atoms with Crippen molar-refractivity contribution in [1.29, 1.82) is 0 Å². The molecule has 2 amide bonds. The molecule has 1 aliphatic heterocycles. The van der Waals surface area contributed by atoms with E-state index in [9.17, 15) is 9.18 Å². The zero-order valence-corrected chi connectivity index (χ0v) is 13.1. The standard InChI is InChI=1S/C16H24FN3O2/c1-12-10-20(11-13(2)22-12)9-5-8-18-16(21)19-15-7-4-3-6-14(15)17/h3-4,6-7,12-13H,5,8-11H2,1-2H3,(H2,18,19,21)/t12-,13-/m1/s1. The minimum absolute atomic E-state index is 0.191. The van der Waals surface area contributed by atoms with Gasteiger partial charge in [0.2, 0.25) is 0 Å². The fraction of sp³-hybridized carbons (Fsp3) is 0.562. The van der Waals surface area contributed by atoms with Gasteiger partial charge in [-0.1, -0.05) is 12.1 Å². The van der Waals surface area contributed by atoms with Gasteiger partial charge in [-0.25, -0.2) is 9.18 Å². The highest BCUT2D eigenvalue weighted by atomic mass is 19.1. The first-order valence-corrected chi connectivity index (χ1v) is 7.72. The van der Waals surface area contributed by atoms with Crippen molar-refractivity contribution in [3.05, 3.63) is 30.1 Å². The highest BCUT2D eigenvalue weighted by molar-refractivity contribution is 5.89. The Morgan fingerprint density at radius 3 is 2.68 bits per heavy atom. The molecule has 1 aromatic carbocycles. The van der Waals surface area contributed by atoms with Crippen LogP contribution in [0.4, 0.5) is 14.9 Å². The van der Waals surface area contributed by atoms with Crippen molar-refractivity contribution in [2.24, 2.45) is 0 Å². The van der Waals surface area contributed by atoms with Crippen molar-refractivity contribution in [2.45, 2.75) is 32.5 Å². The molecule has 122 valence electrons. The molecule has 0 saturated carbocycles. The minimum Gasteiger partial charge on any atom is -0.373 e. The van der Waals surface area contributed by atoms with E-state index in [1.807, 2.05) is 0 Å². The Balaban J connectivity index is 1.64. The number of hydrogen-bond acceptors (Lipinski definition) is 3. The highest BCUT2D eigenvalue weighted by Gasteiger charge is 2.21. The van der Waals surface area contributed by atoms with E-state index in [0.717, 1.165) is 26.1 Å². The number of urea groups is 1. The Kier molecular flexibility index (Phi) is 6.15. The SMILES string of the molecule is C[C@@H]1CN(CCCNC(=O)Nc2ccccc2F)C[C@@H](C)O1.